The maximum Gasteiger partial charge on any atom is 0.395 e. The van der Waals surface area contributed by atoms with E-state index in [1.807, 2.05) is 0 Å². The highest BCUT2D eigenvalue weighted by Gasteiger charge is 2.81. The number of hydrogen-bond acceptors (Lipinski definition) is 7. The Balaban J connectivity index is 1.87. The van der Waals surface area contributed by atoms with Gasteiger partial charge in [0.05, 0.1) is 11.5 Å². The standard InChI is InChI=1S/C14H15F3O7S/c1-3-8(18)22-5-9(19)23-11-6-4-7-10(12(11)25(20,21)24-7)13(6,2)14(15,16)17/h3,6-7,10-12H,1,4-5H2,2H3. The van der Waals surface area contributed by atoms with E-state index in [0.717, 1.165) is 13.0 Å². The van der Waals surface area contributed by atoms with Crippen molar-refractivity contribution < 1.29 is 44.8 Å². The number of ether oxygens (including phenoxy) is 2. The Hall–Kier alpha value is -1.62. The molecule has 11 heteroatoms. The predicted molar refractivity (Wildman–Crippen MR) is 74.4 cm³/mol. The monoisotopic (exact) mass is 384 g/mol. The lowest BCUT2D eigenvalue weighted by Gasteiger charge is -2.32. The topological polar surface area (TPSA) is 96.0 Å². The molecule has 3 aliphatic rings. The summed E-state index contributed by atoms with van der Waals surface area (Å²) in [4.78, 5) is 22.7. The first kappa shape index (κ1) is 18.2. The highest BCUT2D eigenvalue weighted by Crippen LogP contribution is 2.69. The quantitative estimate of drug-likeness (QED) is 0.404. The van der Waals surface area contributed by atoms with Gasteiger partial charge in [-0.25, -0.2) is 9.59 Å². The van der Waals surface area contributed by atoms with Gasteiger partial charge in [0.1, 0.15) is 11.4 Å². The lowest BCUT2D eigenvalue weighted by Crippen LogP contribution is -2.41. The minimum Gasteiger partial charge on any atom is -0.458 e. The van der Waals surface area contributed by atoms with Crippen molar-refractivity contribution in [2.75, 3.05) is 6.61 Å². The van der Waals surface area contributed by atoms with Gasteiger partial charge >= 0.3 is 18.1 Å². The summed E-state index contributed by atoms with van der Waals surface area (Å²) < 4.78 is 79.5. The summed E-state index contributed by atoms with van der Waals surface area (Å²) in [6.07, 6.45) is -6.64. The van der Waals surface area contributed by atoms with Crippen LogP contribution in [0.1, 0.15) is 13.3 Å². The third-order valence-electron chi connectivity index (χ3n) is 5.39. The van der Waals surface area contributed by atoms with E-state index < -0.39 is 69.5 Å². The van der Waals surface area contributed by atoms with Crippen LogP contribution in [0, 0.1) is 17.3 Å². The van der Waals surface area contributed by atoms with E-state index in [1.165, 1.54) is 0 Å². The second-order valence-corrected chi connectivity index (χ2v) is 8.23. The molecule has 0 spiro atoms. The molecule has 3 fully saturated rings. The summed E-state index contributed by atoms with van der Waals surface area (Å²) >= 11 is 0. The van der Waals surface area contributed by atoms with E-state index in [-0.39, 0.29) is 6.42 Å². The van der Waals surface area contributed by atoms with Crippen LogP contribution in [0.25, 0.3) is 0 Å². The molecule has 3 rings (SSSR count). The van der Waals surface area contributed by atoms with Crippen LogP contribution in [0.15, 0.2) is 12.7 Å². The van der Waals surface area contributed by atoms with Crippen LogP contribution in [0.4, 0.5) is 13.2 Å². The average Bonchev–Trinajstić information content (AvgIpc) is 2.99. The van der Waals surface area contributed by atoms with Crippen molar-refractivity contribution >= 4 is 22.1 Å². The van der Waals surface area contributed by atoms with Crippen molar-refractivity contribution in [3.8, 4) is 0 Å². The molecule has 6 atom stereocenters. The molecule has 0 aromatic heterocycles. The van der Waals surface area contributed by atoms with E-state index in [0.29, 0.717) is 0 Å². The number of carbonyl (C=O) groups excluding carboxylic acids is 2. The Bertz CT molecular complexity index is 731. The minimum absolute atomic E-state index is 0.180. The van der Waals surface area contributed by atoms with Crippen LogP contribution < -0.4 is 0 Å². The number of hydrogen-bond donors (Lipinski definition) is 0. The third-order valence-corrected chi connectivity index (χ3v) is 7.14. The zero-order chi connectivity index (χ0) is 18.8. The second-order valence-electron chi connectivity index (χ2n) is 6.51. The van der Waals surface area contributed by atoms with E-state index in [2.05, 4.69) is 11.3 Å². The molecule has 1 saturated heterocycles. The molecule has 25 heavy (non-hydrogen) atoms. The fraction of sp³-hybridized carbons (Fsp3) is 0.714. The van der Waals surface area contributed by atoms with Crippen molar-refractivity contribution in [1.82, 2.24) is 0 Å². The van der Waals surface area contributed by atoms with Gasteiger partial charge in [-0.05, 0) is 6.42 Å². The van der Waals surface area contributed by atoms with Crippen molar-refractivity contribution in [3.05, 3.63) is 12.7 Å². The van der Waals surface area contributed by atoms with Gasteiger partial charge in [0.15, 0.2) is 6.61 Å². The molecule has 2 aliphatic carbocycles. The van der Waals surface area contributed by atoms with Crippen molar-refractivity contribution in [2.24, 2.45) is 17.3 Å². The summed E-state index contributed by atoms with van der Waals surface area (Å²) in [7, 11) is -4.29. The molecule has 0 N–H and O–H groups in total. The summed E-state index contributed by atoms with van der Waals surface area (Å²) in [6, 6.07) is 0. The fourth-order valence-electron chi connectivity index (χ4n) is 4.34. The molecular weight excluding hydrogens is 369 g/mol. The van der Waals surface area contributed by atoms with Gasteiger partial charge in [0.2, 0.25) is 0 Å². The van der Waals surface area contributed by atoms with Crippen LogP contribution in [0.3, 0.4) is 0 Å². The van der Waals surface area contributed by atoms with Gasteiger partial charge in [-0.3, -0.25) is 4.18 Å². The van der Waals surface area contributed by atoms with Crippen LogP contribution in [0.2, 0.25) is 0 Å². The highest BCUT2D eigenvalue weighted by molar-refractivity contribution is 7.87. The van der Waals surface area contributed by atoms with Gasteiger partial charge < -0.3 is 9.47 Å². The maximum atomic E-state index is 13.7. The molecule has 0 amide bonds. The number of halogens is 3. The number of alkyl halides is 3. The van der Waals surface area contributed by atoms with Crippen LogP contribution in [-0.4, -0.2) is 50.6 Å². The first-order valence-corrected chi connectivity index (χ1v) is 8.88. The molecule has 7 nitrogen and oxygen atoms in total. The molecular formula is C14H15F3O7S. The van der Waals surface area contributed by atoms with Crippen molar-refractivity contribution in [3.63, 3.8) is 0 Å². The summed E-state index contributed by atoms with van der Waals surface area (Å²) in [5, 5.41) is -1.58. The van der Waals surface area contributed by atoms with Crippen LogP contribution in [0.5, 0.6) is 0 Å². The zero-order valence-electron chi connectivity index (χ0n) is 13.0. The Morgan fingerprint density at radius 1 is 1.40 bits per heavy atom. The van der Waals surface area contributed by atoms with Gasteiger partial charge in [-0.15, -0.1) is 0 Å². The van der Waals surface area contributed by atoms with Crippen LogP contribution in [-0.2, 0) is 33.4 Å². The SMILES string of the molecule is C=CC(=O)OCC(=O)OC1C2CC3OS(=O)(=O)C1C3C2(C)C(F)(F)F. The third kappa shape index (κ3) is 2.47. The Labute approximate surface area is 141 Å². The molecule has 0 aromatic rings. The van der Waals surface area contributed by atoms with Gasteiger partial charge in [0.25, 0.3) is 10.1 Å². The molecule has 1 heterocycles. The number of fused-ring (bicyclic) bond motifs is 1. The molecule has 1 aliphatic heterocycles. The summed E-state index contributed by atoms with van der Waals surface area (Å²) in [5.41, 5.74) is -2.34. The van der Waals surface area contributed by atoms with Gasteiger partial charge in [0, 0.05) is 17.9 Å². The largest absolute Gasteiger partial charge is 0.458 e. The number of esters is 2. The Kier molecular flexibility index (Phi) is 3.95. The van der Waals surface area contributed by atoms with Gasteiger partial charge in [-0.2, -0.15) is 21.6 Å². The van der Waals surface area contributed by atoms with E-state index >= 15 is 0 Å². The lowest BCUT2D eigenvalue weighted by molar-refractivity contribution is -0.238. The maximum absolute atomic E-state index is 13.7. The molecule has 2 saturated carbocycles. The normalized spacial score (nSPS) is 40.7. The first-order valence-electron chi connectivity index (χ1n) is 7.41. The minimum atomic E-state index is -4.69. The number of rotatable bonds is 4. The molecule has 2 bridgehead atoms. The van der Waals surface area contributed by atoms with Crippen molar-refractivity contribution in [1.29, 1.82) is 0 Å². The Morgan fingerprint density at radius 3 is 2.60 bits per heavy atom. The highest BCUT2D eigenvalue weighted by atomic mass is 32.2. The van der Waals surface area contributed by atoms with Gasteiger partial charge in [-0.1, -0.05) is 13.5 Å². The second kappa shape index (κ2) is 5.44. The molecule has 0 aromatic carbocycles. The van der Waals surface area contributed by atoms with E-state index in [4.69, 9.17) is 8.92 Å². The fourth-order valence-corrected chi connectivity index (χ4v) is 6.40. The zero-order valence-corrected chi connectivity index (χ0v) is 13.8. The molecule has 6 unspecified atom stereocenters. The van der Waals surface area contributed by atoms with E-state index in [9.17, 15) is 31.2 Å². The Morgan fingerprint density at radius 2 is 2.04 bits per heavy atom. The van der Waals surface area contributed by atoms with Crippen LogP contribution >= 0.6 is 0 Å². The first-order chi connectivity index (χ1) is 11.4. The smallest absolute Gasteiger partial charge is 0.395 e. The predicted octanol–water partition coefficient (Wildman–Crippen LogP) is 0.943. The molecule has 140 valence electrons. The van der Waals surface area contributed by atoms with Crippen molar-refractivity contribution in [2.45, 2.75) is 37.0 Å². The lowest BCUT2D eigenvalue weighted by atomic mass is 9.78. The number of carbonyl (C=O) groups is 2. The summed E-state index contributed by atoms with van der Waals surface area (Å²) in [5.74, 6) is -4.63. The average molecular weight is 384 g/mol. The van der Waals surface area contributed by atoms with E-state index in [1.54, 1.807) is 0 Å². The summed E-state index contributed by atoms with van der Waals surface area (Å²) in [6.45, 7) is 3.21. The molecule has 0 radical (unpaired) electrons.